The fourth-order valence-electron chi connectivity index (χ4n) is 3.43. The van der Waals surface area contributed by atoms with E-state index in [4.69, 9.17) is 0 Å². The summed E-state index contributed by atoms with van der Waals surface area (Å²) in [6, 6.07) is 23.6. The van der Waals surface area contributed by atoms with Crippen molar-refractivity contribution in [2.24, 2.45) is 9.98 Å². The Morgan fingerprint density at radius 1 is 0.531 bits per heavy atom. The monoisotopic (exact) mass is 422 g/mol. The van der Waals surface area contributed by atoms with Crippen LogP contribution in [0.1, 0.15) is 11.1 Å². The van der Waals surface area contributed by atoms with Crippen molar-refractivity contribution in [3.8, 4) is 0 Å². The molecule has 1 heterocycles. The van der Waals surface area contributed by atoms with Gasteiger partial charge in [-0.15, -0.1) is 10.2 Å². The molecule has 0 bridgehead atoms. The van der Waals surface area contributed by atoms with E-state index in [1.54, 1.807) is 36.7 Å². The van der Waals surface area contributed by atoms with Gasteiger partial charge in [-0.25, -0.2) is 8.78 Å². The first-order chi connectivity index (χ1) is 15.7. The highest BCUT2D eigenvalue weighted by Gasteiger charge is 2.09. The van der Waals surface area contributed by atoms with E-state index in [-0.39, 0.29) is 11.6 Å². The molecule has 5 rings (SSSR count). The Morgan fingerprint density at radius 3 is 1.34 bits per heavy atom. The van der Waals surface area contributed by atoms with Gasteiger partial charge in [0.2, 0.25) is 0 Å². The van der Waals surface area contributed by atoms with Crippen LogP contribution in [0, 0.1) is 11.6 Å². The summed E-state index contributed by atoms with van der Waals surface area (Å²) in [6.07, 6.45) is 3.41. The predicted octanol–water partition coefficient (Wildman–Crippen LogP) is 6.56. The minimum Gasteiger partial charge on any atom is -0.256 e. The molecular formula is C26H16F2N4. The highest BCUT2D eigenvalue weighted by molar-refractivity contribution is 6.12. The van der Waals surface area contributed by atoms with Gasteiger partial charge in [-0.05, 0) is 48.5 Å². The first-order valence-corrected chi connectivity index (χ1v) is 9.95. The fraction of sp³-hybridized carbons (Fsp3) is 0. The van der Waals surface area contributed by atoms with Crippen molar-refractivity contribution in [3.05, 3.63) is 108 Å². The molecule has 0 radical (unpaired) electrons. The molecule has 0 N–H and O–H groups in total. The van der Waals surface area contributed by atoms with Gasteiger partial charge in [0, 0.05) is 34.3 Å². The number of aliphatic imine (C=N–C) groups is 2. The quantitative estimate of drug-likeness (QED) is 0.243. The van der Waals surface area contributed by atoms with Gasteiger partial charge in [-0.3, -0.25) is 9.98 Å². The van der Waals surface area contributed by atoms with E-state index in [0.29, 0.717) is 11.4 Å². The van der Waals surface area contributed by atoms with Crippen molar-refractivity contribution in [1.82, 2.24) is 10.2 Å². The molecule has 4 nitrogen and oxygen atoms in total. The summed E-state index contributed by atoms with van der Waals surface area (Å²) in [6.45, 7) is 0. The highest BCUT2D eigenvalue weighted by Crippen LogP contribution is 2.26. The normalized spacial score (nSPS) is 11.8. The first kappa shape index (κ1) is 19.6. The highest BCUT2D eigenvalue weighted by atomic mass is 19.1. The third-order valence-corrected chi connectivity index (χ3v) is 5.03. The minimum atomic E-state index is -0.301. The SMILES string of the molecule is Fc1ccc(N=Cc2cccc3c2nnc2c(C=Nc4ccc(F)cc4)cccc23)cc1. The van der Waals surface area contributed by atoms with Crippen molar-refractivity contribution in [1.29, 1.82) is 0 Å². The lowest BCUT2D eigenvalue weighted by atomic mass is 10.0. The van der Waals surface area contributed by atoms with Crippen molar-refractivity contribution < 1.29 is 8.78 Å². The van der Waals surface area contributed by atoms with Crippen molar-refractivity contribution >= 4 is 45.6 Å². The Hall–Kier alpha value is -4.32. The van der Waals surface area contributed by atoms with E-state index in [1.807, 2.05) is 36.4 Å². The molecule has 0 aliphatic carbocycles. The summed E-state index contributed by atoms with van der Waals surface area (Å²) in [4.78, 5) is 8.85. The molecule has 0 aliphatic rings. The minimum absolute atomic E-state index is 0.301. The van der Waals surface area contributed by atoms with Crippen LogP contribution in [0.2, 0.25) is 0 Å². The van der Waals surface area contributed by atoms with Crippen LogP contribution in [-0.2, 0) is 0 Å². The summed E-state index contributed by atoms with van der Waals surface area (Å²) < 4.78 is 26.2. The van der Waals surface area contributed by atoms with Gasteiger partial charge in [0.05, 0.1) is 11.4 Å². The number of nitrogens with zero attached hydrogens (tertiary/aromatic N) is 4. The van der Waals surface area contributed by atoms with E-state index in [2.05, 4.69) is 20.2 Å². The van der Waals surface area contributed by atoms with E-state index >= 15 is 0 Å². The zero-order valence-electron chi connectivity index (χ0n) is 16.8. The number of hydrogen-bond donors (Lipinski definition) is 0. The van der Waals surface area contributed by atoms with Gasteiger partial charge in [0.1, 0.15) is 22.7 Å². The lowest BCUT2D eigenvalue weighted by molar-refractivity contribution is 0.627. The van der Waals surface area contributed by atoms with Crippen molar-refractivity contribution in [3.63, 3.8) is 0 Å². The van der Waals surface area contributed by atoms with E-state index in [0.717, 1.165) is 32.9 Å². The standard InChI is InChI=1S/C26H16F2N4/c27-19-7-11-21(12-8-19)29-15-17-3-1-5-23-24-6-2-4-18(26(24)32-31-25(17)23)16-30-22-13-9-20(28)10-14-22/h1-16H. The number of halogens is 2. The van der Waals surface area contributed by atoms with Crippen LogP contribution in [0.4, 0.5) is 20.2 Å². The number of benzene rings is 4. The number of rotatable bonds is 4. The maximum atomic E-state index is 13.1. The Bertz CT molecular complexity index is 1360. The third kappa shape index (κ3) is 3.98. The molecule has 0 fully saturated rings. The molecule has 0 unspecified atom stereocenters. The first-order valence-electron chi connectivity index (χ1n) is 9.95. The van der Waals surface area contributed by atoms with Crippen LogP contribution in [-0.4, -0.2) is 22.6 Å². The maximum absolute atomic E-state index is 13.1. The Kier molecular flexibility index (Phi) is 5.17. The molecule has 0 atom stereocenters. The fourth-order valence-corrected chi connectivity index (χ4v) is 3.43. The Morgan fingerprint density at radius 2 is 0.938 bits per heavy atom. The van der Waals surface area contributed by atoms with Gasteiger partial charge in [-0.2, -0.15) is 0 Å². The summed E-state index contributed by atoms with van der Waals surface area (Å²) in [5, 5.41) is 10.8. The largest absolute Gasteiger partial charge is 0.256 e. The van der Waals surface area contributed by atoms with E-state index < -0.39 is 0 Å². The van der Waals surface area contributed by atoms with Gasteiger partial charge in [-0.1, -0.05) is 36.4 Å². The topological polar surface area (TPSA) is 50.5 Å². The molecule has 0 amide bonds. The maximum Gasteiger partial charge on any atom is 0.123 e. The summed E-state index contributed by atoms with van der Waals surface area (Å²) in [7, 11) is 0. The zero-order valence-corrected chi connectivity index (χ0v) is 16.8. The second kappa shape index (κ2) is 8.43. The molecule has 0 spiro atoms. The summed E-state index contributed by atoms with van der Waals surface area (Å²) in [5.41, 5.74) is 4.36. The van der Waals surface area contributed by atoms with Gasteiger partial charge in [0.25, 0.3) is 0 Å². The molecule has 0 saturated heterocycles. The summed E-state index contributed by atoms with van der Waals surface area (Å²) >= 11 is 0. The van der Waals surface area contributed by atoms with Crippen molar-refractivity contribution in [2.45, 2.75) is 0 Å². The van der Waals surface area contributed by atoms with E-state index in [9.17, 15) is 8.78 Å². The molecule has 0 saturated carbocycles. The van der Waals surface area contributed by atoms with Crippen LogP contribution in [0.3, 0.4) is 0 Å². The van der Waals surface area contributed by atoms with Gasteiger partial charge in [0.15, 0.2) is 0 Å². The van der Waals surface area contributed by atoms with Crippen LogP contribution < -0.4 is 0 Å². The molecule has 1 aromatic heterocycles. The number of fused-ring (bicyclic) bond motifs is 3. The molecular weight excluding hydrogens is 406 g/mol. The zero-order chi connectivity index (χ0) is 21.9. The molecule has 154 valence electrons. The molecule has 6 heteroatoms. The van der Waals surface area contributed by atoms with Gasteiger partial charge >= 0.3 is 0 Å². The van der Waals surface area contributed by atoms with Crippen molar-refractivity contribution in [2.75, 3.05) is 0 Å². The lowest BCUT2D eigenvalue weighted by Gasteiger charge is -2.06. The van der Waals surface area contributed by atoms with Crippen LogP contribution in [0.25, 0.3) is 21.8 Å². The smallest absolute Gasteiger partial charge is 0.123 e. The average Bonchev–Trinajstić information content (AvgIpc) is 2.83. The van der Waals surface area contributed by atoms with Gasteiger partial charge < -0.3 is 0 Å². The lowest BCUT2D eigenvalue weighted by Crippen LogP contribution is -1.95. The molecule has 32 heavy (non-hydrogen) atoms. The van der Waals surface area contributed by atoms with Crippen LogP contribution >= 0.6 is 0 Å². The molecule has 5 aromatic rings. The average molecular weight is 422 g/mol. The molecule has 0 aliphatic heterocycles. The van der Waals surface area contributed by atoms with Crippen LogP contribution in [0.15, 0.2) is 94.9 Å². The molecule has 4 aromatic carbocycles. The second-order valence-corrected chi connectivity index (χ2v) is 7.16. The third-order valence-electron chi connectivity index (χ3n) is 5.03. The van der Waals surface area contributed by atoms with E-state index in [1.165, 1.54) is 24.3 Å². The number of aromatic nitrogens is 2. The Balaban J connectivity index is 1.55. The summed E-state index contributed by atoms with van der Waals surface area (Å²) in [5.74, 6) is -0.601. The predicted molar refractivity (Wildman–Crippen MR) is 124 cm³/mol. The second-order valence-electron chi connectivity index (χ2n) is 7.16. The van der Waals surface area contributed by atoms with Crippen LogP contribution in [0.5, 0.6) is 0 Å². The number of hydrogen-bond acceptors (Lipinski definition) is 4. The Labute approximate surface area is 182 Å².